The van der Waals surface area contributed by atoms with E-state index in [1.165, 1.54) is 61.0 Å². The lowest BCUT2D eigenvalue weighted by atomic mass is 9.81. The highest BCUT2D eigenvalue weighted by Crippen LogP contribution is 2.50. The summed E-state index contributed by atoms with van der Waals surface area (Å²) in [6, 6.07) is 42.0. The highest BCUT2D eigenvalue weighted by molar-refractivity contribution is 6.06. The Morgan fingerprint density at radius 3 is 2.16 bits per heavy atom. The number of hydrogen-bond donors (Lipinski definition) is 1. The van der Waals surface area contributed by atoms with Gasteiger partial charge in [0.2, 0.25) is 5.89 Å². The first-order chi connectivity index (χ1) is 21.5. The predicted molar refractivity (Wildman–Crippen MR) is 182 cm³/mol. The standard InChI is InChI=1S/C41H32N2O/c1-41(2)35-12-6-5-11-33(35)34-16-13-25(23-36(34)41)29-17-18-30(32-10-4-3-9-31(29)32)26-15-20-39-38(24-26)43-40(44-39)28-14-19-37-27(22-28)8-7-21-42-37/h3-6,9-20,22-24,42H,7-8,21H2,1-2H3. The van der Waals surface area contributed by atoms with Crippen LogP contribution in [0.25, 0.3) is 66.7 Å². The lowest BCUT2D eigenvalue weighted by Crippen LogP contribution is -2.14. The van der Waals surface area contributed by atoms with Crippen molar-refractivity contribution in [3.8, 4) is 44.8 Å². The molecule has 1 aromatic heterocycles. The Morgan fingerprint density at radius 1 is 0.636 bits per heavy atom. The Bertz CT molecular complexity index is 2270. The van der Waals surface area contributed by atoms with Gasteiger partial charge in [0, 0.05) is 23.2 Å². The van der Waals surface area contributed by atoms with Crippen molar-refractivity contribution < 1.29 is 4.42 Å². The molecule has 2 aliphatic rings. The van der Waals surface area contributed by atoms with Gasteiger partial charge in [-0.15, -0.1) is 0 Å². The fraction of sp³-hybridized carbons (Fsp3) is 0.146. The molecule has 3 nitrogen and oxygen atoms in total. The molecule has 0 unspecified atom stereocenters. The summed E-state index contributed by atoms with van der Waals surface area (Å²) in [5, 5.41) is 5.98. The van der Waals surface area contributed by atoms with Crippen molar-refractivity contribution >= 4 is 27.6 Å². The molecule has 0 saturated carbocycles. The Morgan fingerprint density at radius 2 is 1.32 bits per heavy atom. The fourth-order valence-electron chi connectivity index (χ4n) is 7.50. The second-order valence-corrected chi connectivity index (χ2v) is 12.7. The number of benzene rings is 6. The second-order valence-electron chi connectivity index (χ2n) is 12.7. The smallest absolute Gasteiger partial charge is 0.227 e. The quantitative estimate of drug-likeness (QED) is 0.230. The van der Waals surface area contributed by atoms with Crippen LogP contribution in [0.1, 0.15) is 37.0 Å². The maximum Gasteiger partial charge on any atom is 0.227 e. The lowest BCUT2D eigenvalue weighted by Gasteiger charge is -2.22. The molecule has 0 atom stereocenters. The Hall–Kier alpha value is -5.15. The first kappa shape index (κ1) is 25.4. The topological polar surface area (TPSA) is 38.1 Å². The number of aryl methyl sites for hydroxylation is 1. The third kappa shape index (κ3) is 3.79. The molecule has 7 aromatic rings. The van der Waals surface area contributed by atoms with Crippen molar-refractivity contribution in [1.82, 2.24) is 4.98 Å². The first-order valence-electron chi connectivity index (χ1n) is 15.6. The van der Waals surface area contributed by atoms with Crippen LogP contribution in [0.15, 0.2) is 120 Å². The predicted octanol–water partition coefficient (Wildman–Crippen LogP) is 10.6. The Kier molecular flexibility index (Phi) is 5.43. The van der Waals surface area contributed by atoms with Crippen LogP contribution in [0.3, 0.4) is 0 Å². The van der Waals surface area contributed by atoms with Gasteiger partial charge in [0.05, 0.1) is 0 Å². The van der Waals surface area contributed by atoms with Crippen molar-refractivity contribution in [2.45, 2.75) is 32.1 Å². The third-order valence-electron chi connectivity index (χ3n) is 9.81. The molecule has 2 heterocycles. The Balaban J connectivity index is 1.12. The summed E-state index contributed by atoms with van der Waals surface area (Å²) in [5.41, 5.74) is 15.6. The number of aromatic nitrogens is 1. The van der Waals surface area contributed by atoms with E-state index in [9.17, 15) is 0 Å². The average Bonchev–Trinajstić information content (AvgIpc) is 3.60. The molecule has 212 valence electrons. The van der Waals surface area contributed by atoms with Gasteiger partial charge in [-0.3, -0.25) is 0 Å². The molecule has 9 rings (SSSR count). The SMILES string of the molecule is CC1(C)c2ccccc2-c2ccc(-c3ccc(-c4ccc5oc(-c6ccc7c(c6)CCCN7)nc5c4)c4ccccc34)cc21. The monoisotopic (exact) mass is 568 g/mol. The minimum absolute atomic E-state index is 0.0282. The van der Waals surface area contributed by atoms with Crippen molar-refractivity contribution in [2.24, 2.45) is 0 Å². The molecule has 1 aliphatic heterocycles. The van der Waals surface area contributed by atoms with Crippen LogP contribution in [-0.2, 0) is 11.8 Å². The van der Waals surface area contributed by atoms with Gasteiger partial charge in [-0.05, 0) is 110 Å². The minimum Gasteiger partial charge on any atom is -0.436 e. The summed E-state index contributed by atoms with van der Waals surface area (Å²) in [6.45, 7) is 5.72. The summed E-state index contributed by atoms with van der Waals surface area (Å²) >= 11 is 0. The average molecular weight is 569 g/mol. The molecule has 6 aromatic carbocycles. The zero-order valence-electron chi connectivity index (χ0n) is 24.9. The van der Waals surface area contributed by atoms with Crippen LogP contribution in [-0.4, -0.2) is 11.5 Å². The summed E-state index contributed by atoms with van der Waals surface area (Å²) in [7, 11) is 0. The van der Waals surface area contributed by atoms with E-state index in [1.807, 2.05) is 0 Å². The molecule has 44 heavy (non-hydrogen) atoms. The molecular formula is C41H32N2O. The lowest BCUT2D eigenvalue weighted by molar-refractivity contribution is 0.619. The minimum atomic E-state index is -0.0282. The van der Waals surface area contributed by atoms with Crippen LogP contribution < -0.4 is 5.32 Å². The van der Waals surface area contributed by atoms with Crippen LogP contribution in [0, 0.1) is 0 Å². The number of nitrogens with one attached hydrogen (secondary N) is 1. The van der Waals surface area contributed by atoms with E-state index in [-0.39, 0.29) is 5.41 Å². The number of rotatable bonds is 3. The molecule has 0 bridgehead atoms. The molecular weight excluding hydrogens is 536 g/mol. The van der Waals surface area contributed by atoms with Gasteiger partial charge < -0.3 is 9.73 Å². The number of nitrogens with zero attached hydrogens (tertiary/aromatic N) is 1. The summed E-state index contributed by atoms with van der Waals surface area (Å²) in [5.74, 6) is 0.674. The van der Waals surface area contributed by atoms with E-state index < -0.39 is 0 Å². The van der Waals surface area contributed by atoms with E-state index in [1.54, 1.807) is 0 Å². The van der Waals surface area contributed by atoms with E-state index >= 15 is 0 Å². The summed E-state index contributed by atoms with van der Waals surface area (Å²) in [4.78, 5) is 4.94. The summed E-state index contributed by atoms with van der Waals surface area (Å²) in [6.07, 6.45) is 2.24. The number of hydrogen-bond acceptors (Lipinski definition) is 3. The van der Waals surface area contributed by atoms with Crippen LogP contribution in [0.2, 0.25) is 0 Å². The normalized spacial score (nSPS) is 14.7. The van der Waals surface area contributed by atoms with Crippen molar-refractivity contribution in [3.63, 3.8) is 0 Å². The molecule has 0 amide bonds. The third-order valence-corrected chi connectivity index (χ3v) is 9.81. The van der Waals surface area contributed by atoms with Crippen molar-refractivity contribution in [1.29, 1.82) is 0 Å². The maximum absolute atomic E-state index is 6.25. The van der Waals surface area contributed by atoms with Crippen molar-refractivity contribution in [3.05, 3.63) is 132 Å². The molecule has 1 N–H and O–H groups in total. The van der Waals surface area contributed by atoms with E-state index in [0.717, 1.165) is 41.6 Å². The number of anilines is 1. The van der Waals surface area contributed by atoms with Crippen LogP contribution in [0.4, 0.5) is 5.69 Å². The molecule has 0 fully saturated rings. The zero-order chi connectivity index (χ0) is 29.4. The Labute approximate surface area is 257 Å². The first-order valence-corrected chi connectivity index (χ1v) is 15.6. The van der Waals surface area contributed by atoms with E-state index in [4.69, 9.17) is 9.40 Å². The summed E-state index contributed by atoms with van der Waals surface area (Å²) < 4.78 is 6.25. The van der Waals surface area contributed by atoms with Crippen molar-refractivity contribution in [2.75, 3.05) is 11.9 Å². The molecule has 0 saturated heterocycles. The second kappa shape index (κ2) is 9.42. The highest BCUT2D eigenvalue weighted by atomic mass is 16.3. The van der Waals surface area contributed by atoms with Crippen LogP contribution in [0.5, 0.6) is 0 Å². The van der Waals surface area contributed by atoms with Gasteiger partial charge in [-0.2, -0.15) is 0 Å². The van der Waals surface area contributed by atoms with Gasteiger partial charge in [-0.1, -0.05) is 92.7 Å². The highest BCUT2D eigenvalue weighted by Gasteiger charge is 2.35. The van der Waals surface area contributed by atoms with Gasteiger partial charge in [0.25, 0.3) is 0 Å². The van der Waals surface area contributed by atoms with Gasteiger partial charge >= 0.3 is 0 Å². The fourth-order valence-corrected chi connectivity index (χ4v) is 7.50. The number of oxazole rings is 1. The number of fused-ring (bicyclic) bond motifs is 6. The molecule has 3 heteroatoms. The maximum atomic E-state index is 6.25. The van der Waals surface area contributed by atoms with E-state index in [2.05, 4.69) is 134 Å². The zero-order valence-corrected chi connectivity index (χ0v) is 24.9. The van der Waals surface area contributed by atoms with E-state index in [0.29, 0.717) is 5.89 Å². The molecule has 0 radical (unpaired) electrons. The van der Waals surface area contributed by atoms with Gasteiger partial charge in [0.1, 0.15) is 5.52 Å². The molecule has 0 spiro atoms. The van der Waals surface area contributed by atoms with Gasteiger partial charge in [-0.25, -0.2) is 4.98 Å². The largest absolute Gasteiger partial charge is 0.436 e. The van der Waals surface area contributed by atoms with Crippen LogP contribution >= 0.6 is 0 Å². The van der Waals surface area contributed by atoms with Gasteiger partial charge in [0.15, 0.2) is 5.58 Å². The molecule has 1 aliphatic carbocycles.